The average molecular weight is 241 g/mol. The summed E-state index contributed by atoms with van der Waals surface area (Å²) < 4.78 is 5.77. The molecule has 0 amide bonds. The molecule has 0 aliphatic heterocycles. The van der Waals surface area contributed by atoms with Crippen LogP contribution in [0.1, 0.15) is 29.7 Å². The molecule has 2 N–H and O–H groups in total. The lowest BCUT2D eigenvalue weighted by atomic mass is 10.1. The molecule has 0 aliphatic rings. The lowest BCUT2D eigenvalue weighted by Gasteiger charge is -2.10. The van der Waals surface area contributed by atoms with Gasteiger partial charge in [-0.2, -0.15) is 0 Å². The Kier molecular flexibility index (Phi) is 4.00. The fourth-order valence-corrected chi connectivity index (χ4v) is 1.80. The van der Waals surface area contributed by atoms with Crippen molar-refractivity contribution in [3.05, 3.63) is 65.2 Å². The Morgan fingerprint density at radius 1 is 1.06 bits per heavy atom. The summed E-state index contributed by atoms with van der Waals surface area (Å²) in [5.74, 6) is 0.877. The molecule has 0 bridgehead atoms. The molecule has 2 rings (SSSR count). The molecule has 2 heteroatoms. The predicted molar refractivity (Wildman–Crippen MR) is 74.6 cm³/mol. The molecule has 1 unspecified atom stereocenters. The lowest BCUT2D eigenvalue weighted by molar-refractivity contribution is 0.305. The molecule has 0 radical (unpaired) electrons. The molecule has 0 saturated heterocycles. The highest BCUT2D eigenvalue weighted by Gasteiger charge is 2.01. The minimum atomic E-state index is 0.0652. The molecule has 0 fully saturated rings. The highest BCUT2D eigenvalue weighted by molar-refractivity contribution is 5.30. The Labute approximate surface area is 108 Å². The van der Waals surface area contributed by atoms with Crippen LogP contribution in [0.4, 0.5) is 0 Å². The Bertz CT molecular complexity index is 503. The third kappa shape index (κ3) is 3.11. The van der Waals surface area contributed by atoms with Crippen LogP contribution >= 0.6 is 0 Å². The summed E-state index contributed by atoms with van der Waals surface area (Å²) in [6, 6.07) is 16.3. The van der Waals surface area contributed by atoms with Gasteiger partial charge in [0.25, 0.3) is 0 Å². The Morgan fingerprint density at radius 2 is 1.72 bits per heavy atom. The van der Waals surface area contributed by atoms with E-state index in [1.54, 1.807) is 0 Å². The van der Waals surface area contributed by atoms with Crippen molar-refractivity contribution in [2.45, 2.75) is 26.5 Å². The molecular weight excluding hydrogens is 222 g/mol. The molecule has 2 nitrogen and oxygen atoms in total. The summed E-state index contributed by atoms with van der Waals surface area (Å²) in [6.45, 7) is 4.67. The number of benzene rings is 2. The first-order chi connectivity index (χ1) is 8.66. The minimum absolute atomic E-state index is 0.0652. The topological polar surface area (TPSA) is 35.2 Å². The van der Waals surface area contributed by atoms with Crippen molar-refractivity contribution in [3.63, 3.8) is 0 Å². The molecule has 0 saturated carbocycles. The van der Waals surface area contributed by atoms with Gasteiger partial charge in [0, 0.05) is 6.04 Å². The van der Waals surface area contributed by atoms with Crippen LogP contribution < -0.4 is 10.5 Å². The summed E-state index contributed by atoms with van der Waals surface area (Å²) in [4.78, 5) is 0. The van der Waals surface area contributed by atoms with Gasteiger partial charge in [0.1, 0.15) is 12.4 Å². The second-order valence-electron chi connectivity index (χ2n) is 4.57. The molecular formula is C16H19NO. The maximum Gasteiger partial charge on any atom is 0.119 e. The second-order valence-corrected chi connectivity index (χ2v) is 4.57. The summed E-state index contributed by atoms with van der Waals surface area (Å²) in [5.41, 5.74) is 9.40. The maximum absolute atomic E-state index is 5.81. The van der Waals surface area contributed by atoms with E-state index in [0.717, 1.165) is 11.3 Å². The van der Waals surface area contributed by atoms with Gasteiger partial charge >= 0.3 is 0 Å². The smallest absolute Gasteiger partial charge is 0.119 e. The van der Waals surface area contributed by atoms with Gasteiger partial charge in [-0.25, -0.2) is 0 Å². The van der Waals surface area contributed by atoms with Gasteiger partial charge in [-0.15, -0.1) is 0 Å². The van der Waals surface area contributed by atoms with Gasteiger partial charge in [0.2, 0.25) is 0 Å². The normalized spacial score (nSPS) is 12.2. The second kappa shape index (κ2) is 5.69. The average Bonchev–Trinajstić information content (AvgIpc) is 2.38. The quantitative estimate of drug-likeness (QED) is 0.887. The number of hydrogen-bond donors (Lipinski definition) is 1. The van der Waals surface area contributed by atoms with Crippen molar-refractivity contribution in [2.24, 2.45) is 5.73 Å². The van der Waals surface area contributed by atoms with Crippen molar-refractivity contribution in [3.8, 4) is 5.75 Å². The molecule has 18 heavy (non-hydrogen) atoms. The summed E-state index contributed by atoms with van der Waals surface area (Å²) in [5, 5.41) is 0. The molecule has 1 atom stereocenters. The third-order valence-corrected chi connectivity index (χ3v) is 3.06. The van der Waals surface area contributed by atoms with Crippen molar-refractivity contribution in [2.75, 3.05) is 0 Å². The number of aryl methyl sites for hydroxylation is 1. The summed E-state index contributed by atoms with van der Waals surface area (Å²) in [6.07, 6.45) is 0. The monoisotopic (exact) mass is 241 g/mol. The van der Waals surface area contributed by atoms with E-state index in [-0.39, 0.29) is 6.04 Å². The van der Waals surface area contributed by atoms with Gasteiger partial charge in [-0.05, 0) is 42.7 Å². The Morgan fingerprint density at radius 3 is 2.33 bits per heavy atom. The fourth-order valence-electron chi connectivity index (χ4n) is 1.80. The van der Waals surface area contributed by atoms with E-state index < -0.39 is 0 Å². The highest BCUT2D eigenvalue weighted by Crippen LogP contribution is 2.18. The van der Waals surface area contributed by atoms with Crippen LogP contribution in [0.5, 0.6) is 5.75 Å². The zero-order valence-corrected chi connectivity index (χ0v) is 10.9. The summed E-state index contributed by atoms with van der Waals surface area (Å²) >= 11 is 0. The molecule has 0 aromatic heterocycles. The Hall–Kier alpha value is -1.80. The number of hydrogen-bond acceptors (Lipinski definition) is 2. The summed E-state index contributed by atoms with van der Waals surface area (Å²) in [7, 11) is 0. The van der Waals surface area contributed by atoms with Crippen LogP contribution in [0.2, 0.25) is 0 Å². The Balaban J connectivity index is 2.00. The van der Waals surface area contributed by atoms with E-state index in [9.17, 15) is 0 Å². The van der Waals surface area contributed by atoms with Crippen LogP contribution in [0, 0.1) is 6.92 Å². The molecule has 2 aromatic carbocycles. The highest BCUT2D eigenvalue weighted by atomic mass is 16.5. The van der Waals surface area contributed by atoms with E-state index in [4.69, 9.17) is 10.5 Å². The molecule has 0 heterocycles. The first kappa shape index (κ1) is 12.7. The van der Waals surface area contributed by atoms with E-state index in [1.165, 1.54) is 11.1 Å². The van der Waals surface area contributed by atoms with Gasteiger partial charge in [-0.1, -0.05) is 36.4 Å². The van der Waals surface area contributed by atoms with Gasteiger partial charge in [0.05, 0.1) is 0 Å². The lowest BCUT2D eigenvalue weighted by Crippen LogP contribution is -2.04. The van der Waals surface area contributed by atoms with E-state index in [0.29, 0.717) is 6.61 Å². The van der Waals surface area contributed by atoms with E-state index in [1.807, 2.05) is 43.3 Å². The van der Waals surface area contributed by atoms with Gasteiger partial charge in [0.15, 0.2) is 0 Å². The standard InChI is InChI=1S/C16H19NO/c1-12-5-3-4-6-15(12)11-18-16-9-7-14(8-10-16)13(2)17/h3-10,13H,11,17H2,1-2H3. The minimum Gasteiger partial charge on any atom is -0.489 e. The van der Waals surface area contributed by atoms with Crippen molar-refractivity contribution >= 4 is 0 Å². The largest absolute Gasteiger partial charge is 0.489 e. The van der Waals surface area contributed by atoms with Crippen LogP contribution in [0.3, 0.4) is 0 Å². The van der Waals surface area contributed by atoms with Crippen LogP contribution in [0.25, 0.3) is 0 Å². The number of nitrogens with two attached hydrogens (primary N) is 1. The first-order valence-electron chi connectivity index (χ1n) is 6.19. The number of rotatable bonds is 4. The molecule has 0 aliphatic carbocycles. The number of ether oxygens (including phenoxy) is 1. The van der Waals surface area contributed by atoms with Crippen molar-refractivity contribution < 1.29 is 4.74 Å². The van der Waals surface area contributed by atoms with Crippen LogP contribution in [-0.4, -0.2) is 0 Å². The molecule has 94 valence electrons. The zero-order valence-electron chi connectivity index (χ0n) is 10.9. The van der Waals surface area contributed by atoms with Crippen LogP contribution in [-0.2, 0) is 6.61 Å². The fraction of sp³-hybridized carbons (Fsp3) is 0.250. The third-order valence-electron chi connectivity index (χ3n) is 3.06. The maximum atomic E-state index is 5.81. The van der Waals surface area contributed by atoms with E-state index in [2.05, 4.69) is 19.1 Å². The van der Waals surface area contributed by atoms with Crippen molar-refractivity contribution in [1.29, 1.82) is 0 Å². The zero-order chi connectivity index (χ0) is 13.0. The van der Waals surface area contributed by atoms with E-state index >= 15 is 0 Å². The SMILES string of the molecule is Cc1ccccc1COc1ccc(C(C)N)cc1. The van der Waals surface area contributed by atoms with Gasteiger partial charge in [-0.3, -0.25) is 0 Å². The first-order valence-corrected chi connectivity index (χ1v) is 6.19. The van der Waals surface area contributed by atoms with Crippen LogP contribution in [0.15, 0.2) is 48.5 Å². The van der Waals surface area contributed by atoms with Crippen molar-refractivity contribution in [1.82, 2.24) is 0 Å². The predicted octanol–water partition coefficient (Wildman–Crippen LogP) is 3.59. The molecule has 0 spiro atoms. The molecule has 2 aromatic rings. The van der Waals surface area contributed by atoms with Gasteiger partial charge < -0.3 is 10.5 Å².